The van der Waals surface area contributed by atoms with Gasteiger partial charge in [0.25, 0.3) is 0 Å². The third kappa shape index (κ3) is 2.62. The van der Waals surface area contributed by atoms with Crippen molar-refractivity contribution in [1.82, 2.24) is 4.98 Å². The van der Waals surface area contributed by atoms with Crippen LogP contribution in [-0.2, 0) is 4.79 Å². The second-order valence-electron chi connectivity index (χ2n) is 3.48. The normalized spacial score (nSPS) is 12.1. The van der Waals surface area contributed by atoms with Gasteiger partial charge >= 0.3 is 5.97 Å². The number of nitrogens with zero attached hydrogens (tertiary/aromatic N) is 1. The lowest BCUT2D eigenvalue weighted by molar-refractivity contribution is -0.144. The van der Waals surface area contributed by atoms with E-state index in [-0.39, 0.29) is 0 Å². The molecule has 0 saturated carbocycles. The van der Waals surface area contributed by atoms with E-state index < -0.39 is 12.1 Å². The Morgan fingerprint density at radius 1 is 1.41 bits per heavy atom. The van der Waals surface area contributed by atoms with E-state index >= 15 is 0 Å². The number of pyridine rings is 1. The van der Waals surface area contributed by atoms with E-state index in [9.17, 15) is 4.79 Å². The summed E-state index contributed by atoms with van der Waals surface area (Å²) in [4.78, 5) is 14.7. The molecule has 2 heterocycles. The van der Waals surface area contributed by atoms with E-state index in [2.05, 4.69) is 4.98 Å². The van der Waals surface area contributed by atoms with Crippen molar-refractivity contribution in [1.29, 1.82) is 0 Å². The van der Waals surface area contributed by atoms with Crippen LogP contribution in [0.4, 0.5) is 0 Å². The number of carboxylic acids is 1. The molecular weight excluding hydrogens is 238 g/mol. The highest BCUT2D eigenvalue weighted by Crippen LogP contribution is 2.33. The zero-order valence-electron chi connectivity index (χ0n) is 9.16. The van der Waals surface area contributed by atoms with Gasteiger partial charge in [-0.05, 0) is 24.6 Å². The van der Waals surface area contributed by atoms with Crippen LogP contribution in [0.25, 0.3) is 11.1 Å². The third-order valence-electron chi connectivity index (χ3n) is 2.27. The number of rotatable bonds is 4. The van der Waals surface area contributed by atoms with Gasteiger partial charge in [-0.25, -0.2) is 4.79 Å². The van der Waals surface area contributed by atoms with E-state index in [0.29, 0.717) is 5.75 Å². The number of carbonyl (C=O) groups is 1. The van der Waals surface area contributed by atoms with Crippen molar-refractivity contribution in [3.05, 3.63) is 35.3 Å². The fourth-order valence-electron chi connectivity index (χ4n) is 1.36. The van der Waals surface area contributed by atoms with Gasteiger partial charge < -0.3 is 9.84 Å². The summed E-state index contributed by atoms with van der Waals surface area (Å²) in [5, 5.41) is 12.5. The molecule has 2 aromatic rings. The summed E-state index contributed by atoms with van der Waals surface area (Å²) in [6.07, 6.45) is 2.53. The maximum atomic E-state index is 10.7. The van der Waals surface area contributed by atoms with Crippen LogP contribution in [0.15, 0.2) is 35.3 Å². The standard InChI is InChI=1S/C12H11NO3S/c1-8(12(14)15)16-11-7-17-6-10(11)9-2-4-13-5-3-9/h2-8H,1H3,(H,14,15). The van der Waals surface area contributed by atoms with E-state index in [1.165, 1.54) is 18.3 Å². The molecule has 0 amide bonds. The zero-order chi connectivity index (χ0) is 12.3. The van der Waals surface area contributed by atoms with Crippen molar-refractivity contribution in [2.24, 2.45) is 0 Å². The molecule has 0 radical (unpaired) electrons. The Bertz CT molecular complexity index is 509. The summed E-state index contributed by atoms with van der Waals surface area (Å²) in [6.45, 7) is 1.51. The minimum atomic E-state index is -0.975. The Labute approximate surface area is 103 Å². The first-order valence-electron chi connectivity index (χ1n) is 5.04. The average molecular weight is 249 g/mol. The molecule has 1 atom stereocenters. The largest absolute Gasteiger partial charge is 0.479 e. The molecule has 2 aromatic heterocycles. The molecule has 0 saturated heterocycles. The predicted molar refractivity (Wildman–Crippen MR) is 65.3 cm³/mol. The van der Waals surface area contributed by atoms with Crippen molar-refractivity contribution >= 4 is 17.3 Å². The van der Waals surface area contributed by atoms with Gasteiger partial charge in [0.15, 0.2) is 6.10 Å². The Morgan fingerprint density at radius 2 is 2.12 bits per heavy atom. The maximum absolute atomic E-state index is 10.7. The molecule has 0 aliphatic rings. The molecule has 2 rings (SSSR count). The average Bonchev–Trinajstić information content (AvgIpc) is 2.78. The molecule has 4 nitrogen and oxygen atoms in total. The first-order chi connectivity index (χ1) is 8.18. The van der Waals surface area contributed by atoms with Crippen LogP contribution in [0.1, 0.15) is 6.92 Å². The van der Waals surface area contributed by atoms with Crippen molar-refractivity contribution in [2.45, 2.75) is 13.0 Å². The molecule has 0 aromatic carbocycles. The summed E-state index contributed by atoms with van der Waals surface area (Å²) in [5.41, 5.74) is 1.86. The van der Waals surface area contributed by atoms with Gasteiger partial charge in [0.05, 0.1) is 0 Å². The van der Waals surface area contributed by atoms with E-state index in [0.717, 1.165) is 11.1 Å². The van der Waals surface area contributed by atoms with Crippen molar-refractivity contribution in [3.63, 3.8) is 0 Å². The predicted octanol–water partition coefficient (Wildman–Crippen LogP) is 2.66. The van der Waals surface area contributed by atoms with Crippen LogP contribution >= 0.6 is 11.3 Å². The maximum Gasteiger partial charge on any atom is 0.344 e. The number of aromatic nitrogens is 1. The lowest BCUT2D eigenvalue weighted by Crippen LogP contribution is -2.22. The van der Waals surface area contributed by atoms with E-state index in [1.807, 2.05) is 17.5 Å². The minimum Gasteiger partial charge on any atom is -0.479 e. The second kappa shape index (κ2) is 4.97. The number of aliphatic carboxylic acids is 1. The number of hydrogen-bond acceptors (Lipinski definition) is 4. The lowest BCUT2D eigenvalue weighted by atomic mass is 10.1. The fraction of sp³-hybridized carbons (Fsp3) is 0.167. The molecule has 5 heteroatoms. The van der Waals surface area contributed by atoms with Crippen LogP contribution in [0, 0.1) is 0 Å². The van der Waals surface area contributed by atoms with Crippen molar-refractivity contribution < 1.29 is 14.6 Å². The number of carboxylic acid groups (broad SMARTS) is 1. The first kappa shape index (κ1) is 11.6. The molecule has 0 spiro atoms. The second-order valence-corrected chi connectivity index (χ2v) is 4.23. The quantitative estimate of drug-likeness (QED) is 0.905. The van der Waals surface area contributed by atoms with Gasteiger partial charge in [0, 0.05) is 28.7 Å². The molecular formula is C12H11NO3S. The summed E-state index contributed by atoms with van der Waals surface area (Å²) in [7, 11) is 0. The molecule has 1 N–H and O–H groups in total. The van der Waals surface area contributed by atoms with E-state index in [4.69, 9.17) is 9.84 Å². The molecule has 0 bridgehead atoms. The van der Waals surface area contributed by atoms with Crippen LogP contribution < -0.4 is 4.74 Å². The molecule has 88 valence electrons. The van der Waals surface area contributed by atoms with Crippen LogP contribution in [0.2, 0.25) is 0 Å². The number of hydrogen-bond donors (Lipinski definition) is 1. The molecule has 0 aliphatic carbocycles. The van der Waals surface area contributed by atoms with Gasteiger partial charge in [0.2, 0.25) is 0 Å². The summed E-state index contributed by atoms with van der Waals surface area (Å²) in [6, 6.07) is 3.72. The van der Waals surface area contributed by atoms with Crippen molar-refractivity contribution in [2.75, 3.05) is 0 Å². The SMILES string of the molecule is CC(Oc1cscc1-c1ccncc1)C(=O)O. The fourth-order valence-corrected chi connectivity index (χ4v) is 2.12. The van der Waals surface area contributed by atoms with Crippen LogP contribution in [0.5, 0.6) is 5.75 Å². The molecule has 0 aliphatic heterocycles. The minimum absolute atomic E-state index is 0.594. The summed E-state index contributed by atoms with van der Waals surface area (Å²) >= 11 is 1.48. The van der Waals surface area contributed by atoms with Gasteiger partial charge in [-0.1, -0.05) is 0 Å². The lowest BCUT2D eigenvalue weighted by Gasteiger charge is -2.10. The van der Waals surface area contributed by atoms with Crippen LogP contribution in [0.3, 0.4) is 0 Å². The molecule has 17 heavy (non-hydrogen) atoms. The van der Waals surface area contributed by atoms with Crippen molar-refractivity contribution in [3.8, 4) is 16.9 Å². The molecule has 1 unspecified atom stereocenters. The topological polar surface area (TPSA) is 59.4 Å². The highest BCUT2D eigenvalue weighted by Gasteiger charge is 2.16. The number of ether oxygens (including phenoxy) is 1. The summed E-state index contributed by atoms with van der Waals surface area (Å²) in [5.74, 6) is -0.382. The van der Waals surface area contributed by atoms with Gasteiger partial charge in [-0.2, -0.15) is 0 Å². The first-order valence-corrected chi connectivity index (χ1v) is 5.99. The van der Waals surface area contributed by atoms with Crippen LogP contribution in [-0.4, -0.2) is 22.2 Å². The smallest absolute Gasteiger partial charge is 0.344 e. The summed E-state index contributed by atoms with van der Waals surface area (Å²) < 4.78 is 5.39. The Morgan fingerprint density at radius 3 is 2.76 bits per heavy atom. The zero-order valence-corrected chi connectivity index (χ0v) is 9.98. The highest BCUT2D eigenvalue weighted by atomic mass is 32.1. The Hall–Kier alpha value is -1.88. The Kier molecular flexibility index (Phi) is 3.39. The van der Waals surface area contributed by atoms with Gasteiger partial charge in [0.1, 0.15) is 5.75 Å². The van der Waals surface area contributed by atoms with Gasteiger partial charge in [-0.15, -0.1) is 11.3 Å². The Balaban J connectivity index is 2.26. The highest BCUT2D eigenvalue weighted by molar-refractivity contribution is 7.08. The third-order valence-corrected chi connectivity index (χ3v) is 2.99. The van der Waals surface area contributed by atoms with Gasteiger partial charge in [-0.3, -0.25) is 4.98 Å². The molecule has 0 fully saturated rings. The number of thiophene rings is 1. The van der Waals surface area contributed by atoms with E-state index in [1.54, 1.807) is 17.8 Å². The monoisotopic (exact) mass is 249 g/mol.